The molecule has 2 saturated heterocycles. The predicted octanol–water partition coefficient (Wildman–Crippen LogP) is -0.500. The molecule has 0 aromatic carbocycles. The fraction of sp³-hybridized carbons (Fsp3) is 0.769. The summed E-state index contributed by atoms with van der Waals surface area (Å²) < 4.78 is 21.5. The number of esters is 2. The van der Waals surface area contributed by atoms with Crippen LogP contribution in [0.4, 0.5) is 0 Å². The molecular weight excluding hydrogens is 282 g/mol. The fourth-order valence-corrected chi connectivity index (χ4v) is 2.47. The largest absolute Gasteiger partial charge is 0.462 e. The lowest BCUT2D eigenvalue weighted by Gasteiger charge is -2.35. The molecule has 0 aliphatic carbocycles. The van der Waals surface area contributed by atoms with Gasteiger partial charge in [0.25, 0.3) is 0 Å². The van der Waals surface area contributed by atoms with Crippen molar-refractivity contribution in [3.05, 3.63) is 0 Å². The van der Waals surface area contributed by atoms with Gasteiger partial charge in [-0.15, -0.1) is 0 Å². The Morgan fingerprint density at radius 2 is 1.86 bits per heavy atom. The van der Waals surface area contributed by atoms with Crippen LogP contribution in [-0.4, -0.2) is 54.6 Å². The molecule has 2 heterocycles. The van der Waals surface area contributed by atoms with Gasteiger partial charge in [-0.2, -0.15) is 0 Å². The van der Waals surface area contributed by atoms with Crippen molar-refractivity contribution in [3.63, 3.8) is 0 Å². The van der Waals surface area contributed by atoms with E-state index in [2.05, 4.69) is 5.32 Å². The molecule has 1 unspecified atom stereocenters. The van der Waals surface area contributed by atoms with Crippen LogP contribution in [0.3, 0.4) is 0 Å². The molecule has 4 atom stereocenters. The molecule has 2 aliphatic rings. The molecule has 2 aliphatic heterocycles. The predicted molar refractivity (Wildman–Crippen MR) is 67.9 cm³/mol. The number of amides is 1. The monoisotopic (exact) mass is 301 g/mol. The van der Waals surface area contributed by atoms with Gasteiger partial charge < -0.3 is 24.3 Å². The normalized spacial score (nSPS) is 33.8. The van der Waals surface area contributed by atoms with Crippen molar-refractivity contribution in [1.82, 2.24) is 5.32 Å². The molecular formula is C13H19NO7. The molecule has 8 nitrogen and oxygen atoms in total. The van der Waals surface area contributed by atoms with E-state index in [0.717, 1.165) is 0 Å². The van der Waals surface area contributed by atoms with E-state index in [1.807, 2.05) is 0 Å². The summed E-state index contributed by atoms with van der Waals surface area (Å²) in [6.07, 6.45) is -2.07. The first-order valence-corrected chi connectivity index (χ1v) is 6.66. The molecule has 118 valence electrons. The standard InChI is InChI=1S/C13H19NO7/c1-6(15)14-9-11-10(20-13(3,4)21-11)8(19-12(9)17)5-18-7(2)16/h8-11H,5H2,1-4H3,(H,14,15)/t8?,9-,10+,11-/m1/s1. The van der Waals surface area contributed by atoms with Gasteiger partial charge in [-0.25, -0.2) is 4.79 Å². The molecule has 2 rings (SSSR count). The van der Waals surface area contributed by atoms with Crippen LogP contribution in [0.1, 0.15) is 27.7 Å². The van der Waals surface area contributed by atoms with E-state index >= 15 is 0 Å². The Morgan fingerprint density at radius 3 is 2.43 bits per heavy atom. The average molecular weight is 301 g/mol. The van der Waals surface area contributed by atoms with Crippen LogP contribution >= 0.6 is 0 Å². The van der Waals surface area contributed by atoms with Gasteiger partial charge in [0.1, 0.15) is 18.8 Å². The average Bonchev–Trinajstić information content (AvgIpc) is 2.66. The van der Waals surface area contributed by atoms with Crippen LogP contribution < -0.4 is 5.32 Å². The number of hydrogen-bond donors (Lipinski definition) is 1. The second kappa shape index (κ2) is 5.61. The van der Waals surface area contributed by atoms with Crippen molar-refractivity contribution in [1.29, 1.82) is 0 Å². The van der Waals surface area contributed by atoms with Crippen LogP contribution in [0.15, 0.2) is 0 Å². The minimum Gasteiger partial charge on any atom is -0.462 e. The molecule has 1 amide bonds. The first-order chi connectivity index (χ1) is 9.69. The Balaban J connectivity index is 2.17. The maximum Gasteiger partial charge on any atom is 0.331 e. The maximum absolute atomic E-state index is 12.0. The molecule has 8 heteroatoms. The Hall–Kier alpha value is -1.67. The van der Waals surface area contributed by atoms with Crippen molar-refractivity contribution >= 4 is 17.8 Å². The molecule has 1 N–H and O–H groups in total. The molecule has 0 aromatic rings. The highest BCUT2D eigenvalue weighted by Crippen LogP contribution is 2.36. The Kier molecular flexibility index (Phi) is 4.20. The lowest BCUT2D eigenvalue weighted by atomic mass is 9.98. The highest BCUT2D eigenvalue weighted by molar-refractivity contribution is 5.84. The molecule has 21 heavy (non-hydrogen) atoms. The van der Waals surface area contributed by atoms with Crippen molar-refractivity contribution in [3.8, 4) is 0 Å². The minimum atomic E-state index is -0.942. The first kappa shape index (κ1) is 15.7. The van der Waals surface area contributed by atoms with E-state index in [4.69, 9.17) is 18.9 Å². The third-order valence-electron chi connectivity index (χ3n) is 3.19. The fourth-order valence-electron chi connectivity index (χ4n) is 2.47. The summed E-state index contributed by atoms with van der Waals surface area (Å²) in [6.45, 7) is 5.84. The summed E-state index contributed by atoms with van der Waals surface area (Å²) in [5.41, 5.74) is 0. The van der Waals surface area contributed by atoms with Crippen molar-refractivity contribution in [2.75, 3.05) is 6.61 Å². The van der Waals surface area contributed by atoms with E-state index in [1.54, 1.807) is 13.8 Å². The van der Waals surface area contributed by atoms with E-state index in [0.29, 0.717) is 0 Å². The SMILES string of the molecule is CC(=O)N[C@H]1C(=O)OC(COC(C)=O)[C@@H]2OC(C)(C)O[C@H]12. The van der Waals surface area contributed by atoms with Gasteiger partial charge in [-0.1, -0.05) is 0 Å². The molecule has 0 bridgehead atoms. The highest BCUT2D eigenvalue weighted by atomic mass is 16.8. The van der Waals surface area contributed by atoms with Crippen LogP contribution in [0.5, 0.6) is 0 Å². The van der Waals surface area contributed by atoms with E-state index in [1.165, 1.54) is 13.8 Å². The number of carbonyl (C=O) groups is 3. The van der Waals surface area contributed by atoms with Gasteiger partial charge in [-0.05, 0) is 13.8 Å². The zero-order chi connectivity index (χ0) is 15.8. The van der Waals surface area contributed by atoms with Gasteiger partial charge in [0.15, 0.2) is 17.9 Å². The second-order valence-electron chi connectivity index (χ2n) is 5.52. The summed E-state index contributed by atoms with van der Waals surface area (Å²) in [4.78, 5) is 34.2. The Morgan fingerprint density at radius 1 is 1.24 bits per heavy atom. The van der Waals surface area contributed by atoms with E-state index < -0.39 is 42.1 Å². The van der Waals surface area contributed by atoms with Crippen molar-refractivity contribution in [2.24, 2.45) is 0 Å². The summed E-state index contributed by atoms with van der Waals surface area (Å²) in [5, 5.41) is 2.50. The van der Waals surface area contributed by atoms with E-state index in [-0.39, 0.29) is 12.5 Å². The number of cyclic esters (lactones) is 1. The molecule has 0 spiro atoms. The number of hydrogen-bond acceptors (Lipinski definition) is 7. The third-order valence-corrected chi connectivity index (χ3v) is 3.19. The number of ether oxygens (including phenoxy) is 4. The van der Waals surface area contributed by atoms with Crippen LogP contribution in [0, 0.1) is 0 Å². The molecule has 0 saturated carbocycles. The highest BCUT2D eigenvalue weighted by Gasteiger charge is 2.56. The smallest absolute Gasteiger partial charge is 0.331 e. The Bertz CT molecular complexity index is 461. The first-order valence-electron chi connectivity index (χ1n) is 6.66. The zero-order valence-electron chi connectivity index (χ0n) is 12.4. The van der Waals surface area contributed by atoms with Crippen molar-refractivity contribution in [2.45, 2.75) is 57.8 Å². The van der Waals surface area contributed by atoms with Gasteiger partial charge >= 0.3 is 11.9 Å². The van der Waals surface area contributed by atoms with E-state index in [9.17, 15) is 14.4 Å². The van der Waals surface area contributed by atoms with Gasteiger partial charge in [0.2, 0.25) is 5.91 Å². The lowest BCUT2D eigenvalue weighted by molar-refractivity contribution is -0.183. The topological polar surface area (TPSA) is 100 Å². The number of fused-ring (bicyclic) bond motifs is 1. The quantitative estimate of drug-likeness (QED) is 0.701. The summed E-state index contributed by atoms with van der Waals surface area (Å²) in [6, 6.07) is -0.942. The summed E-state index contributed by atoms with van der Waals surface area (Å²) in [5.74, 6) is -2.41. The zero-order valence-corrected chi connectivity index (χ0v) is 12.4. The number of rotatable bonds is 3. The lowest BCUT2D eigenvalue weighted by Crippen LogP contribution is -2.61. The van der Waals surface area contributed by atoms with Crippen molar-refractivity contribution < 1.29 is 33.3 Å². The maximum atomic E-state index is 12.0. The summed E-state index contributed by atoms with van der Waals surface area (Å²) >= 11 is 0. The van der Waals surface area contributed by atoms with Crippen LogP contribution in [-0.2, 0) is 33.3 Å². The van der Waals surface area contributed by atoms with Gasteiger partial charge in [0, 0.05) is 13.8 Å². The third kappa shape index (κ3) is 3.51. The van der Waals surface area contributed by atoms with Gasteiger partial charge in [0.05, 0.1) is 0 Å². The molecule has 0 radical (unpaired) electrons. The number of carbonyl (C=O) groups excluding carboxylic acids is 3. The second-order valence-corrected chi connectivity index (χ2v) is 5.52. The van der Waals surface area contributed by atoms with Gasteiger partial charge in [-0.3, -0.25) is 9.59 Å². The summed E-state index contributed by atoms with van der Waals surface area (Å²) in [7, 11) is 0. The Labute approximate surface area is 122 Å². The molecule has 2 fully saturated rings. The minimum absolute atomic E-state index is 0.117. The van der Waals surface area contributed by atoms with Crippen LogP contribution in [0.25, 0.3) is 0 Å². The molecule has 0 aromatic heterocycles. The number of nitrogens with one attached hydrogen (secondary N) is 1. The van der Waals surface area contributed by atoms with Crippen LogP contribution in [0.2, 0.25) is 0 Å².